The second kappa shape index (κ2) is 7.85. The van der Waals surface area contributed by atoms with Gasteiger partial charge in [-0.1, -0.05) is 32.6 Å². The van der Waals surface area contributed by atoms with Gasteiger partial charge in [0.05, 0.1) is 19.1 Å². The molecule has 2 atom stereocenters. The van der Waals surface area contributed by atoms with Crippen LogP contribution in [0.1, 0.15) is 51.9 Å². The normalized spacial score (nSPS) is 29.1. The summed E-state index contributed by atoms with van der Waals surface area (Å²) in [5.41, 5.74) is 0. The minimum Gasteiger partial charge on any atom is -0.379 e. The molecule has 2 aliphatic rings. The quantitative estimate of drug-likeness (QED) is 0.748. The summed E-state index contributed by atoms with van der Waals surface area (Å²) >= 11 is 0. The van der Waals surface area contributed by atoms with Gasteiger partial charge in [0.2, 0.25) is 5.91 Å². The zero-order valence-corrected chi connectivity index (χ0v) is 12.1. The number of amides is 1. The molecule has 2 rings (SSSR count). The Morgan fingerprint density at radius 2 is 1.89 bits per heavy atom. The Hall–Kier alpha value is -0.610. The fraction of sp³-hybridized carbons (Fsp3) is 0.933. The van der Waals surface area contributed by atoms with Gasteiger partial charge in [-0.05, 0) is 25.8 Å². The average molecular weight is 268 g/mol. The van der Waals surface area contributed by atoms with Crippen molar-refractivity contribution < 1.29 is 9.53 Å². The van der Waals surface area contributed by atoms with E-state index in [0.29, 0.717) is 19.3 Å². The van der Waals surface area contributed by atoms with Gasteiger partial charge in [-0.25, -0.2) is 0 Å². The molecule has 4 heteroatoms. The van der Waals surface area contributed by atoms with Crippen molar-refractivity contribution in [3.05, 3.63) is 0 Å². The van der Waals surface area contributed by atoms with Crippen LogP contribution in [0.5, 0.6) is 0 Å². The van der Waals surface area contributed by atoms with Crippen molar-refractivity contribution in [2.75, 3.05) is 19.8 Å². The lowest BCUT2D eigenvalue weighted by Crippen LogP contribution is -2.47. The van der Waals surface area contributed by atoms with Crippen molar-refractivity contribution in [1.82, 2.24) is 10.6 Å². The van der Waals surface area contributed by atoms with Gasteiger partial charge in [0.25, 0.3) is 0 Å². The number of rotatable bonds is 5. The molecule has 1 amide bonds. The zero-order chi connectivity index (χ0) is 13.5. The van der Waals surface area contributed by atoms with Crippen LogP contribution in [0.25, 0.3) is 0 Å². The minimum absolute atomic E-state index is 0.00481. The number of hydrogen-bond acceptors (Lipinski definition) is 3. The molecule has 0 bridgehead atoms. The lowest BCUT2D eigenvalue weighted by Gasteiger charge is -2.22. The fourth-order valence-corrected chi connectivity index (χ4v) is 3.08. The summed E-state index contributed by atoms with van der Waals surface area (Å²) in [6, 6.07) is 0.591. The van der Waals surface area contributed by atoms with E-state index in [1.165, 1.54) is 25.7 Å². The first-order valence-electron chi connectivity index (χ1n) is 7.92. The highest BCUT2D eigenvalue weighted by molar-refractivity contribution is 5.80. The lowest BCUT2D eigenvalue weighted by atomic mass is 10.0. The monoisotopic (exact) mass is 268 g/mol. The molecule has 0 aromatic heterocycles. The Labute approximate surface area is 116 Å². The first kappa shape index (κ1) is 14.8. The molecule has 2 fully saturated rings. The van der Waals surface area contributed by atoms with Crippen molar-refractivity contribution >= 4 is 5.91 Å². The van der Waals surface area contributed by atoms with Gasteiger partial charge in [0.15, 0.2) is 0 Å². The van der Waals surface area contributed by atoms with Gasteiger partial charge in [-0.3, -0.25) is 4.79 Å². The first-order valence-corrected chi connectivity index (χ1v) is 7.92. The van der Waals surface area contributed by atoms with E-state index in [4.69, 9.17) is 4.74 Å². The molecule has 4 nitrogen and oxygen atoms in total. The maximum absolute atomic E-state index is 12.4. The Morgan fingerprint density at radius 3 is 2.58 bits per heavy atom. The van der Waals surface area contributed by atoms with E-state index in [1.807, 2.05) is 0 Å². The average Bonchev–Trinajstić information content (AvgIpc) is 2.74. The van der Waals surface area contributed by atoms with Crippen molar-refractivity contribution in [2.45, 2.75) is 64.0 Å². The highest BCUT2D eigenvalue weighted by Crippen LogP contribution is 2.19. The van der Waals surface area contributed by atoms with Crippen molar-refractivity contribution in [3.63, 3.8) is 0 Å². The predicted molar refractivity (Wildman–Crippen MR) is 76.0 cm³/mol. The number of nitrogens with one attached hydrogen (secondary N) is 2. The maximum Gasteiger partial charge on any atom is 0.227 e. The van der Waals surface area contributed by atoms with Crippen LogP contribution in [0.15, 0.2) is 0 Å². The standard InChI is InChI=1S/C15H28N2O2/c1-2-9-16-14-11-19-10-13(14)15(18)17-12-7-5-3-4-6-8-12/h12-14,16H,2-11H2,1H3,(H,17,18). The SMILES string of the molecule is CCCNC1COCC1C(=O)NC1CCCCCC1. The molecule has 1 aliphatic carbocycles. The second-order valence-electron chi connectivity index (χ2n) is 5.90. The van der Waals surface area contributed by atoms with Gasteiger partial charge in [-0.15, -0.1) is 0 Å². The Bertz CT molecular complexity index is 275. The van der Waals surface area contributed by atoms with E-state index in [2.05, 4.69) is 17.6 Å². The van der Waals surface area contributed by atoms with Gasteiger partial charge >= 0.3 is 0 Å². The van der Waals surface area contributed by atoms with Crippen LogP contribution in [-0.2, 0) is 9.53 Å². The van der Waals surface area contributed by atoms with E-state index in [-0.39, 0.29) is 17.9 Å². The molecule has 0 spiro atoms. The molecule has 19 heavy (non-hydrogen) atoms. The Balaban J connectivity index is 1.80. The molecular weight excluding hydrogens is 240 g/mol. The van der Waals surface area contributed by atoms with Gasteiger partial charge in [0, 0.05) is 12.1 Å². The number of carbonyl (C=O) groups excluding carboxylic acids is 1. The smallest absolute Gasteiger partial charge is 0.227 e. The highest BCUT2D eigenvalue weighted by atomic mass is 16.5. The molecular formula is C15H28N2O2. The third-order valence-corrected chi connectivity index (χ3v) is 4.28. The third-order valence-electron chi connectivity index (χ3n) is 4.28. The van der Waals surface area contributed by atoms with E-state index in [0.717, 1.165) is 25.8 Å². The van der Waals surface area contributed by atoms with E-state index >= 15 is 0 Å². The van der Waals surface area contributed by atoms with E-state index < -0.39 is 0 Å². The molecule has 1 saturated heterocycles. The molecule has 0 radical (unpaired) electrons. The largest absolute Gasteiger partial charge is 0.379 e. The summed E-state index contributed by atoms with van der Waals surface area (Å²) in [4.78, 5) is 12.4. The zero-order valence-electron chi connectivity index (χ0n) is 12.1. The number of ether oxygens (including phenoxy) is 1. The summed E-state index contributed by atoms with van der Waals surface area (Å²) in [6.45, 7) is 4.34. The van der Waals surface area contributed by atoms with Crippen molar-refractivity contribution in [1.29, 1.82) is 0 Å². The highest BCUT2D eigenvalue weighted by Gasteiger charge is 2.34. The van der Waals surface area contributed by atoms with Gasteiger partial charge in [-0.2, -0.15) is 0 Å². The topological polar surface area (TPSA) is 50.4 Å². The third kappa shape index (κ3) is 4.46. The van der Waals surface area contributed by atoms with Crippen molar-refractivity contribution in [2.24, 2.45) is 5.92 Å². The predicted octanol–water partition coefficient (Wildman–Crippen LogP) is 1.84. The van der Waals surface area contributed by atoms with Crippen LogP contribution < -0.4 is 10.6 Å². The van der Waals surface area contributed by atoms with Crippen LogP contribution >= 0.6 is 0 Å². The molecule has 1 aliphatic heterocycles. The molecule has 110 valence electrons. The molecule has 2 unspecified atom stereocenters. The first-order chi connectivity index (χ1) is 9.31. The van der Waals surface area contributed by atoms with Gasteiger partial charge < -0.3 is 15.4 Å². The molecule has 1 saturated carbocycles. The summed E-state index contributed by atoms with van der Waals surface area (Å²) < 4.78 is 5.48. The van der Waals surface area contributed by atoms with Crippen LogP contribution in [-0.4, -0.2) is 37.7 Å². The summed E-state index contributed by atoms with van der Waals surface area (Å²) in [5, 5.41) is 6.67. The van der Waals surface area contributed by atoms with Crippen LogP contribution in [0, 0.1) is 5.92 Å². The fourth-order valence-electron chi connectivity index (χ4n) is 3.08. The molecule has 0 aromatic carbocycles. The number of hydrogen-bond donors (Lipinski definition) is 2. The summed E-state index contributed by atoms with van der Waals surface area (Å²) in [5.74, 6) is 0.188. The van der Waals surface area contributed by atoms with Crippen LogP contribution in [0.3, 0.4) is 0 Å². The molecule has 2 N–H and O–H groups in total. The number of carbonyl (C=O) groups is 1. The van der Waals surface area contributed by atoms with E-state index in [9.17, 15) is 4.79 Å². The van der Waals surface area contributed by atoms with E-state index in [1.54, 1.807) is 0 Å². The van der Waals surface area contributed by atoms with Crippen LogP contribution in [0.2, 0.25) is 0 Å². The van der Waals surface area contributed by atoms with Crippen molar-refractivity contribution in [3.8, 4) is 0 Å². The second-order valence-corrected chi connectivity index (χ2v) is 5.90. The Kier molecular flexibility index (Phi) is 6.11. The summed E-state index contributed by atoms with van der Waals surface area (Å²) in [6.07, 6.45) is 8.53. The van der Waals surface area contributed by atoms with Gasteiger partial charge in [0.1, 0.15) is 0 Å². The lowest BCUT2D eigenvalue weighted by molar-refractivity contribution is -0.126. The summed E-state index contributed by atoms with van der Waals surface area (Å²) in [7, 11) is 0. The van der Waals surface area contributed by atoms with Crippen LogP contribution in [0.4, 0.5) is 0 Å². The maximum atomic E-state index is 12.4. The minimum atomic E-state index is -0.00481. The molecule has 0 aromatic rings. The Morgan fingerprint density at radius 1 is 1.16 bits per heavy atom. The molecule has 1 heterocycles.